The van der Waals surface area contributed by atoms with Gasteiger partial charge in [0.2, 0.25) is 6.23 Å². The van der Waals surface area contributed by atoms with Crippen molar-refractivity contribution in [2.75, 3.05) is 0 Å². The van der Waals surface area contributed by atoms with E-state index in [4.69, 9.17) is 4.74 Å². The highest BCUT2D eigenvalue weighted by Gasteiger charge is 2.60. The van der Waals surface area contributed by atoms with E-state index in [9.17, 15) is 9.59 Å². The minimum absolute atomic E-state index is 0.00838. The Morgan fingerprint density at radius 3 is 2.80 bits per heavy atom. The molecule has 5 atom stereocenters. The van der Waals surface area contributed by atoms with Gasteiger partial charge in [-0.15, -0.1) is 0 Å². The van der Waals surface area contributed by atoms with Gasteiger partial charge in [-0.2, -0.15) is 0 Å². The molecule has 1 saturated heterocycles. The van der Waals surface area contributed by atoms with Crippen molar-refractivity contribution in [1.29, 1.82) is 0 Å². The van der Waals surface area contributed by atoms with E-state index in [-0.39, 0.29) is 29.8 Å². The molecule has 100 valence electrons. The number of benzene rings is 1. The number of amides is 1. The average molecular weight is 267 g/mol. The van der Waals surface area contributed by atoms with Crippen molar-refractivity contribution in [3.63, 3.8) is 0 Å². The number of hydrogen-bond acceptors (Lipinski definition) is 3. The Kier molecular flexibility index (Phi) is 1.77. The fourth-order valence-corrected chi connectivity index (χ4v) is 4.39. The first-order valence-electron chi connectivity index (χ1n) is 7.06. The summed E-state index contributed by atoms with van der Waals surface area (Å²) in [7, 11) is 0. The van der Waals surface area contributed by atoms with E-state index in [1.165, 1.54) is 0 Å². The monoisotopic (exact) mass is 267 g/mol. The van der Waals surface area contributed by atoms with E-state index in [1.807, 2.05) is 29.2 Å². The van der Waals surface area contributed by atoms with Gasteiger partial charge in [0.15, 0.2) is 0 Å². The summed E-state index contributed by atoms with van der Waals surface area (Å²) in [6.07, 6.45) is 4.73. The summed E-state index contributed by atoms with van der Waals surface area (Å²) in [6, 6.07) is 7.43. The number of allylic oxidation sites excluding steroid dienone is 1. The Balaban J connectivity index is 1.67. The van der Waals surface area contributed by atoms with Crippen LogP contribution in [0.15, 0.2) is 36.4 Å². The highest BCUT2D eigenvalue weighted by Crippen LogP contribution is 2.53. The molecule has 1 aromatic carbocycles. The topological polar surface area (TPSA) is 46.6 Å². The van der Waals surface area contributed by atoms with Crippen LogP contribution in [0, 0.1) is 17.8 Å². The van der Waals surface area contributed by atoms with Gasteiger partial charge >= 0.3 is 5.97 Å². The van der Waals surface area contributed by atoms with Crippen molar-refractivity contribution in [1.82, 2.24) is 4.90 Å². The summed E-state index contributed by atoms with van der Waals surface area (Å²) in [5, 5.41) is 0. The molecule has 4 nitrogen and oxygen atoms in total. The van der Waals surface area contributed by atoms with Gasteiger partial charge in [-0.3, -0.25) is 14.5 Å². The Morgan fingerprint density at radius 2 is 1.90 bits per heavy atom. The zero-order chi connectivity index (χ0) is 13.4. The maximum atomic E-state index is 12.7. The SMILES string of the molecule is O=C1O[C@@H]2c3ccccc3C(=O)N2[C@H]2[C@@H]1[C@@H]1C=C[C@H]2C1. The lowest BCUT2D eigenvalue weighted by Gasteiger charge is -2.42. The van der Waals surface area contributed by atoms with Crippen molar-refractivity contribution in [2.24, 2.45) is 17.8 Å². The summed E-state index contributed by atoms with van der Waals surface area (Å²) in [4.78, 5) is 26.8. The molecule has 2 aliphatic heterocycles. The van der Waals surface area contributed by atoms with Crippen LogP contribution in [0.25, 0.3) is 0 Å². The third-order valence-electron chi connectivity index (χ3n) is 5.18. The Hall–Kier alpha value is -2.10. The minimum atomic E-state index is -0.514. The molecule has 5 rings (SSSR count). The summed E-state index contributed by atoms with van der Waals surface area (Å²) in [6.45, 7) is 0. The van der Waals surface area contributed by atoms with Crippen LogP contribution in [-0.4, -0.2) is 22.8 Å². The molecule has 2 fully saturated rings. The Morgan fingerprint density at radius 1 is 1.10 bits per heavy atom. The molecule has 0 radical (unpaired) electrons. The zero-order valence-corrected chi connectivity index (χ0v) is 10.7. The number of carbonyl (C=O) groups is 2. The molecule has 1 saturated carbocycles. The molecule has 1 aromatic rings. The van der Waals surface area contributed by atoms with Crippen molar-refractivity contribution in [3.05, 3.63) is 47.5 Å². The zero-order valence-electron chi connectivity index (χ0n) is 10.7. The number of esters is 1. The van der Waals surface area contributed by atoms with Crippen LogP contribution in [0.2, 0.25) is 0 Å². The first kappa shape index (κ1) is 10.7. The quantitative estimate of drug-likeness (QED) is 0.532. The van der Waals surface area contributed by atoms with Gasteiger partial charge in [-0.05, 0) is 24.3 Å². The summed E-state index contributed by atoms with van der Waals surface area (Å²) in [5.41, 5.74) is 1.51. The third-order valence-corrected chi connectivity index (χ3v) is 5.18. The molecule has 2 bridgehead atoms. The molecular weight excluding hydrogens is 254 g/mol. The molecule has 0 unspecified atom stereocenters. The summed E-state index contributed by atoms with van der Waals surface area (Å²) in [5.74, 6) is 0.250. The number of hydrogen-bond donors (Lipinski definition) is 0. The maximum absolute atomic E-state index is 12.7. The van der Waals surface area contributed by atoms with Gasteiger partial charge in [0.25, 0.3) is 5.91 Å². The number of nitrogens with zero attached hydrogens (tertiary/aromatic N) is 1. The molecule has 1 amide bonds. The van der Waals surface area contributed by atoms with Gasteiger partial charge in [-0.1, -0.05) is 30.4 Å². The average Bonchev–Trinajstić information content (AvgIpc) is 3.13. The number of fused-ring (bicyclic) bond motifs is 9. The van der Waals surface area contributed by atoms with Crippen molar-refractivity contribution in [3.8, 4) is 0 Å². The van der Waals surface area contributed by atoms with E-state index in [2.05, 4.69) is 12.2 Å². The molecule has 0 aromatic heterocycles. The molecule has 0 N–H and O–H groups in total. The second-order valence-corrected chi connectivity index (χ2v) is 6.05. The molecule has 20 heavy (non-hydrogen) atoms. The van der Waals surface area contributed by atoms with Gasteiger partial charge < -0.3 is 4.74 Å². The van der Waals surface area contributed by atoms with E-state index in [0.29, 0.717) is 11.5 Å². The molecule has 0 spiro atoms. The number of rotatable bonds is 0. The van der Waals surface area contributed by atoms with Crippen LogP contribution in [0.3, 0.4) is 0 Å². The van der Waals surface area contributed by atoms with E-state index >= 15 is 0 Å². The van der Waals surface area contributed by atoms with Crippen LogP contribution in [0.4, 0.5) is 0 Å². The Bertz CT molecular complexity index is 680. The maximum Gasteiger partial charge on any atom is 0.313 e. The standard InChI is InChI=1S/C16H13NO3/c18-14-10-3-1-2-4-11(10)15-17(14)13-9-6-5-8(7-9)12(13)16(19)20-15/h1-6,8-9,12-13,15H,7H2/t8-,9+,12+,13-,15-/m1/s1. The van der Waals surface area contributed by atoms with Crippen molar-refractivity contribution >= 4 is 11.9 Å². The van der Waals surface area contributed by atoms with Gasteiger partial charge in [0.1, 0.15) is 0 Å². The minimum Gasteiger partial charge on any atom is -0.437 e. The smallest absolute Gasteiger partial charge is 0.313 e. The fourth-order valence-electron chi connectivity index (χ4n) is 4.39. The van der Waals surface area contributed by atoms with E-state index < -0.39 is 6.23 Å². The van der Waals surface area contributed by atoms with E-state index in [0.717, 1.165) is 12.0 Å². The highest BCUT2D eigenvalue weighted by atomic mass is 16.6. The Labute approximate surface area is 116 Å². The van der Waals surface area contributed by atoms with Gasteiger partial charge in [-0.25, -0.2) is 0 Å². The summed E-state index contributed by atoms with van der Waals surface area (Å²) < 4.78 is 5.61. The lowest BCUT2D eigenvalue weighted by Crippen LogP contribution is -2.53. The third kappa shape index (κ3) is 1.05. The van der Waals surface area contributed by atoms with Crippen molar-refractivity contribution < 1.29 is 14.3 Å². The largest absolute Gasteiger partial charge is 0.437 e. The predicted molar refractivity (Wildman–Crippen MR) is 69.5 cm³/mol. The van der Waals surface area contributed by atoms with Crippen LogP contribution in [-0.2, 0) is 9.53 Å². The number of carbonyl (C=O) groups excluding carboxylic acids is 2. The molecule has 2 heterocycles. The predicted octanol–water partition coefficient (Wildman–Crippen LogP) is 1.89. The lowest BCUT2D eigenvalue weighted by atomic mass is 9.86. The molecular formula is C16H13NO3. The van der Waals surface area contributed by atoms with E-state index in [1.54, 1.807) is 0 Å². The second-order valence-electron chi connectivity index (χ2n) is 6.05. The normalized spacial score (nSPS) is 39.6. The number of ether oxygens (including phenoxy) is 1. The summed E-state index contributed by atoms with van der Waals surface area (Å²) >= 11 is 0. The van der Waals surface area contributed by atoms with Crippen LogP contribution in [0.1, 0.15) is 28.6 Å². The fraction of sp³-hybridized carbons (Fsp3) is 0.375. The molecule has 4 aliphatic rings. The lowest BCUT2D eigenvalue weighted by molar-refractivity contribution is -0.181. The van der Waals surface area contributed by atoms with Crippen molar-refractivity contribution in [2.45, 2.75) is 18.7 Å². The van der Waals surface area contributed by atoms with Gasteiger partial charge in [0.05, 0.1) is 12.0 Å². The van der Waals surface area contributed by atoms with Crippen LogP contribution >= 0.6 is 0 Å². The van der Waals surface area contributed by atoms with Crippen LogP contribution in [0.5, 0.6) is 0 Å². The second kappa shape index (κ2) is 3.32. The first-order valence-corrected chi connectivity index (χ1v) is 7.06. The molecule has 4 heteroatoms. The van der Waals surface area contributed by atoms with Crippen LogP contribution < -0.4 is 0 Å². The highest BCUT2D eigenvalue weighted by molar-refractivity contribution is 6.00. The van der Waals surface area contributed by atoms with Gasteiger partial charge in [0, 0.05) is 11.1 Å². The molecule has 2 aliphatic carbocycles. The first-order chi connectivity index (χ1) is 9.75.